The highest BCUT2D eigenvalue weighted by atomic mass is 32.2. The van der Waals surface area contributed by atoms with E-state index < -0.39 is 25.3 Å². The van der Waals surface area contributed by atoms with Crippen LogP contribution in [-0.4, -0.2) is 52.1 Å². The topological polar surface area (TPSA) is 125 Å². The Morgan fingerprint density at radius 1 is 0.906 bits per heavy atom. The standard InChI is InChI=1S/C21H28N4O5S2/c1-16(2)31(27,28)23-19-12-14-25(15-13-19)21(26)22-17-8-10-18(11-9-17)24-32(29,30)20-6-4-3-5-7-20/h3-11,16,19,23-24H,12-15H2,1-2H3,(H,22,26). The molecule has 3 rings (SSSR count). The summed E-state index contributed by atoms with van der Waals surface area (Å²) in [5, 5.41) is 2.29. The quantitative estimate of drug-likeness (QED) is 0.562. The van der Waals surface area contributed by atoms with Crippen molar-refractivity contribution in [2.75, 3.05) is 23.1 Å². The van der Waals surface area contributed by atoms with Crippen molar-refractivity contribution in [1.82, 2.24) is 9.62 Å². The van der Waals surface area contributed by atoms with Gasteiger partial charge in [-0.1, -0.05) is 18.2 Å². The third-order valence-electron chi connectivity index (χ3n) is 5.18. The number of sulfonamides is 2. The number of urea groups is 1. The fourth-order valence-electron chi connectivity index (χ4n) is 3.21. The van der Waals surface area contributed by atoms with Gasteiger partial charge in [-0.25, -0.2) is 26.4 Å². The van der Waals surface area contributed by atoms with Crippen molar-refractivity contribution in [2.45, 2.75) is 42.9 Å². The van der Waals surface area contributed by atoms with Crippen LogP contribution < -0.4 is 14.8 Å². The first kappa shape index (κ1) is 24.0. The fourth-order valence-corrected chi connectivity index (χ4v) is 5.26. The minimum Gasteiger partial charge on any atom is -0.324 e. The van der Waals surface area contributed by atoms with Crippen LogP contribution in [0.4, 0.5) is 16.2 Å². The highest BCUT2D eigenvalue weighted by Gasteiger charge is 2.27. The summed E-state index contributed by atoms with van der Waals surface area (Å²) in [7, 11) is -7.02. The summed E-state index contributed by atoms with van der Waals surface area (Å²) in [6, 6.07) is 14.0. The third-order valence-corrected chi connectivity index (χ3v) is 8.48. The Kier molecular flexibility index (Phi) is 7.42. The van der Waals surface area contributed by atoms with E-state index in [2.05, 4.69) is 14.8 Å². The summed E-state index contributed by atoms with van der Waals surface area (Å²) in [6.07, 6.45) is 1.08. The van der Waals surface area contributed by atoms with Crippen molar-refractivity contribution < 1.29 is 21.6 Å². The molecule has 1 aliphatic heterocycles. The molecule has 9 nitrogen and oxygen atoms in total. The van der Waals surface area contributed by atoms with Gasteiger partial charge < -0.3 is 10.2 Å². The molecule has 0 aromatic heterocycles. The molecule has 0 spiro atoms. The van der Waals surface area contributed by atoms with E-state index in [9.17, 15) is 21.6 Å². The maximum Gasteiger partial charge on any atom is 0.321 e. The Morgan fingerprint density at radius 3 is 2.03 bits per heavy atom. The first-order valence-electron chi connectivity index (χ1n) is 10.3. The van der Waals surface area contributed by atoms with Gasteiger partial charge in [-0.05, 0) is 63.1 Å². The van der Waals surface area contributed by atoms with Gasteiger partial charge in [0, 0.05) is 30.5 Å². The number of carbonyl (C=O) groups is 1. The van der Waals surface area contributed by atoms with E-state index in [1.165, 1.54) is 12.1 Å². The number of hydrogen-bond acceptors (Lipinski definition) is 5. The maximum atomic E-state index is 12.5. The van der Waals surface area contributed by atoms with Gasteiger partial charge in [0.25, 0.3) is 10.0 Å². The third kappa shape index (κ3) is 6.21. The lowest BCUT2D eigenvalue weighted by molar-refractivity contribution is 0.193. The van der Waals surface area contributed by atoms with Gasteiger partial charge in [-0.3, -0.25) is 4.72 Å². The molecule has 3 N–H and O–H groups in total. The predicted octanol–water partition coefficient (Wildman–Crippen LogP) is 2.81. The first-order chi connectivity index (χ1) is 15.1. The van der Waals surface area contributed by atoms with Gasteiger partial charge >= 0.3 is 6.03 Å². The van der Waals surface area contributed by atoms with Crippen LogP contribution in [0.15, 0.2) is 59.5 Å². The number of nitrogens with one attached hydrogen (secondary N) is 3. The Morgan fingerprint density at radius 2 is 1.47 bits per heavy atom. The zero-order valence-corrected chi connectivity index (χ0v) is 19.6. The lowest BCUT2D eigenvalue weighted by atomic mass is 10.1. The van der Waals surface area contributed by atoms with Crippen LogP contribution in [0.3, 0.4) is 0 Å². The fraction of sp³-hybridized carbons (Fsp3) is 0.381. The van der Waals surface area contributed by atoms with E-state index in [1.807, 2.05) is 0 Å². The number of carbonyl (C=O) groups excluding carboxylic acids is 1. The molecule has 174 valence electrons. The number of nitrogens with zero attached hydrogens (tertiary/aromatic N) is 1. The molecular weight excluding hydrogens is 452 g/mol. The number of hydrogen-bond donors (Lipinski definition) is 3. The molecule has 32 heavy (non-hydrogen) atoms. The molecule has 11 heteroatoms. The van der Waals surface area contributed by atoms with Crippen LogP contribution >= 0.6 is 0 Å². The van der Waals surface area contributed by atoms with E-state index in [4.69, 9.17) is 0 Å². The molecule has 1 aliphatic rings. The zero-order valence-electron chi connectivity index (χ0n) is 18.0. The minimum atomic E-state index is -3.68. The Labute approximate surface area is 189 Å². The Hall–Kier alpha value is -2.63. The summed E-state index contributed by atoms with van der Waals surface area (Å²) < 4.78 is 54.0. The second-order valence-electron chi connectivity index (χ2n) is 7.90. The lowest BCUT2D eigenvalue weighted by Gasteiger charge is -2.32. The molecule has 2 aromatic carbocycles. The van der Waals surface area contributed by atoms with Gasteiger partial charge in [-0.15, -0.1) is 0 Å². The summed E-state index contributed by atoms with van der Waals surface area (Å²) in [4.78, 5) is 14.3. The number of amides is 2. The first-order valence-corrected chi connectivity index (χ1v) is 13.3. The van der Waals surface area contributed by atoms with Crippen molar-refractivity contribution in [2.24, 2.45) is 0 Å². The van der Waals surface area contributed by atoms with Crippen molar-refractivity contribution in [3.05, 3.63) is 54.6 Å². The van der Waals surface area contributed by atoms with Gasteiger partial charge in [0.15, 0.2) is 0 Å². The van der Waals surface area contributed by atoms with Crippen LogP contribution in [0.2, 0.25) is 0 Å². The number of anilines is 2. The number of rotatable bonds is 7. The SMILES string of the molecule is CC(C)S(=O)(=O)NC1CCN(C(=O)Nc2ccc(NS(=O)(=O)c3ccccc3)cc2)CC1. The molecule has 0 saturated carbocycles. The second-order valence-corrected chi connectivity index (χ2v) is 11.8. The van der Waals surface area contributed by atoms with Crippen LogP contribution in [-0.2, 0) is 20.0 Å². The number of piperidine rings is 1. The molecule has 1 fully saturated rings. The van der Waals surface area contributed by atoms with Gasteiger partial charge in [0.2, 0.25) is 10.0 Å². The molecule has 0 aliphatic carbocycles. The van der Waals surface area contributed by atoms with Gasteiger partial charge in [0.1, 0.15) is 0 Å². The van der Waals surface area contributed by atoms with E-state index in [0.717, 1.165) is 0 Å². The minimum absolute atomic E-state index is 0.163. The zero-order chi connectivity index (χ0) is 23.4. The highest BCUT2D eigenvalue weighted by molar-refractivity contribution is 7.92. The molecule has 2 aromatic rings. The smallest absolute Gasteiger partial charge is 0.321 e. The normalized spacial score (nSPS) is 15.5. The van der Waals surface area contributed by atoms with Crippen molar-refractivity contribution in [3.8, 4) is 0 Å². The summed E-state index contributed by atoms with van der Waals surface area (Å²) in [6.45, 7) is 4.13. The summed E-state index contributed by atoms with van der Waals surface area (Å²) >= 11 is 0. The van der Waals surface area contributed by atoms with Crippen LogP contribution in [0.25, 0.3) is 0 Å². The molecule has 1 saturated heterocycles. The van der Waals surface area contributed by atoms with E-state index in [-0.39, 0.29) is 17.0 Å². The number of likely N-dealkylation sites (tertiary alicyclic amines) is 1. The Bertz CT molecular complexity index is 1130. The van der Waals surface area contributed by atoms with Crippen molar-refractivity contribution >= 4 is 37.5 Å². The van der Waals surface area contributed by atoms with Gasteiger partial charge in [0.05, 0.1) is 10.1 Å². The largest absolute Gasteiger partial charge is 0.324 e. The maximum absolute atomic E-state index is 12.5. The predicted molar refractivity (Wildman–Crippen MR) is 124 cm³/mol. The monoisotopic (exact) mass is 480 g/mol. The molecule has 0 atom stereocenters. The molecule has 1 heterocycles. The highest BCUT2D eigenvalue weighted by Crippen LogP contribution is 2.19. The number of benzene rings is 2. The molecule has 0 unspecified atom stereocenters. The van der Waals surface area contributed by atoms with Crippen LogP contribution in [0.5, 0.6) is 0 Å². The molecular formula is C21H28N4O5S2. The van der Waals surface area contributed by atoms with Crippen molar-refractivity contribution in [3.63, 3.8) is 0 Å². The van der Waals surface area contributed by atoms with Crippen LogP contribution in [0.1, 0.15) is 26.7 Å². The Balaban J connectivity index is 1.52. The van der Waals surface area contributed by atoms with Crippen molar-refractivity contribution in [1.29, 1.82) is 0 Å². The molecule has 2 amide bonds. The van der Waals surface area contributed by atoms with E-state index >= 15 is 0 Å². The average molecular weight is 481 g/mol. The van der Waals surface area contributed by atoms with Gasteiger partial charge in [-0.2, -0.15) is 0 Å². The second kappa shape index (κ2) is 9.88. The van der Waals surface area contributed by atoms with E-state index in [1.54, 1.807) is 61.2 Å². The van der Waals surface area contributed by atoms with E-state index in [0.29, 0.717) is 37.3 Å². The summed E-state index contributed by atoms with van der Waals surface area (Å²) in [5.41, 5.74) is 0.908. The lowest BCUT2D eigenvalue weighted by Crippen LogP contribution is -2.48. The summed E-state index contributed by atoms with van der Waals surface area (Å²) in [5.74, 6) is 0. The van der Waals surface area contributed by atoms with Crippen LogP contribution in [0, 0.1) is 0 Å². The molecule has 0 radical (unpaired) electrons. The average Bonchev–Trinajstić information content (AvgIpc) is 2.75. The molecule has 0 bridgehead atoms.